The Kier molecular flexibility index (Phi) is 5.76. The number of benzene rings is 1. The lowest BCUT2D eigenvalue weighted by atomic mass is 10.2. The Labute approximate surface area is 120 Å². The normalized spacial score (nSPS) is 18.2. The first-order valence-electron chi connectivity index (χ1n) is 7.27. The number of nitrogens with two attached hydrogens (primary N) is 1. The standard InChI is InChI=1S/C15H24FN3O/c1-2-20-15(11-17)12-18-7-9-19(10-8-18)14-5-3-13(16)4-6-14/h3-6,15H,2,7-12,17H2,1H3. The first-order chi connectivity index (χ1) is 9.72. The molecule has 2 N–H and O–H groups in total. The van der Waals surface area contributed by atoms with E-state index in [1.165, 1.54) is 12.1 Å². The predicted molar refractivity (Wildman–Crippen MR) is 79.5 cm³/mol. The van der Waals surface area contributed by atoms with Gasteiger partial charge in [0.05, 0.1) is 6.10 Å². The van der Waals surface area contributed by atoms with Gasteiger partial charge in [-0.25, -0.2) is 4.39 Å². The summed E-state index contributed by atoms with van der Waals surface area (Å²) in [7, 11) is 0. The highest BCUT2D eigenvalue weighted by atomic mass is 19.1. The average Bonchev–Trinajstić information content (AvgIpc) is 2.48. The lowest BCUT2D eigenvalue weighted by molar-refractivity contribution is 0.0379. The van der Waals surface area contributed by atoms with Crippen molar-refractivity contribution in [2.45, 2.75) is 13.0 Å². The Balaban J connectivity index is 1.81. The van der Waals surface area contributed by atoms with E-state index in [4.69, 9.17) is 10.5 Å². The minimum atomic E-state index is -0.185. The van der Waals surface area contributed by atoms with Gasteiger partial charge in [0.25, 0.3) is 0 Å². The minimum Gasteiger partial charge on any atom is -0.376 e. The van der Waals surface area contributed by atoms with E-state index in [1.807, 2.05) is 19.1 Å². The van der Waals surface area contributed by atoms with Gasteiger partial charge in [-0.2, -0.15) is 0 Å². The van der Waals surface area contributed by atoms with Crippen molar-refractivity contribution in [3.63, 3.8) is 0 Å². The fourth-order valence-corrected chi connectivity index (χ4v) is 2.56. The molecule has 1 aliphatic rings. The van der Waals surface area contributed by atoms with Crippen molar-refractivity contribution in [2.75, 3.05) is 50.8 Å². The first-order valence-corrected chi connectivity index (χ1v) is 7.27. The van der Waals surface area contributed by atoms with Crippen molar-refractivity contribution in [2.24, 2.45) is 5.73 Å². The molecule has 0 amide bonds. The zero-order valence-electron chi connectivity index (χ0n) is 12.1. The van der Waals surface area contributed by atoms with Crippen molar-refractivity contribution in [3.8, 4) is 0 Å². The second-order valence-electron chi connectivity index (χ2n) is 5.08. The van der Waals surface area contributed by atoms with Crippen LogP contribution in [0.3, 0.4) is 0 Å². The number of halogens is 1. The molecule has 1 aromatic rings. The van der Waals surface area contributed by atoms with Gasteiger partial charge < -0.3 is 15.4 Å². The van der Waals surface area contributed by atoms with E-state index in [-0.39, 0.29) is 11.9 Å². The van der Waals surface area contributed by atoms with E-state index < -0.39 is 0 Å². The Morgan fingerprint density at radius 2 is 1.85 bits per heavy atom. The minimum absolute atomic E-state index is 0.123. The van der Waals surface area contributed by atoms with Gasteiger partial charge in [0.2, 0.25) is 0 Å². The van der Waals surface area contributed by atoms with Crippen LogP contribution in [0.25, 0.3) is 0 Å². The molecule has 0 spiro atoms. The molecule has 0 radical (unpaired) electrons. The van der Waals surface area contributed by atoms with E-state index in [0.29, 0.717) is 13.2 Å². The molecule has 1 aliphatic heterocycles. The van der Waals surface area contributed by atoms with Gasteiger partial charge in [-0.05, 0) is 31.2 Å². The number of nitrogens with zero attached hydrogens (tertiary/aromatic N) is 2. The number of ether oxygens (including phenoxy) is 1. The van der Waals surface area contributed by atoms with E-state index >= 15 is 0 Å². The molecular weight excluding hydrogens is 257 g/mol. The summed E-state index contributed by atoms with van der Waals surface area (Å²) in [5.41, 5.74) is 6.80. The molecule has 5 heteroatoms. The third kappa shape index (κ3) is 4.16. The zero-order chi connectivity index (χ0) is 14.4. The zero-order valence-corrected chi connectivity index (χ0v) is 12.1. The molecule has 0 saturated carbocycles. The maximum Gasteiger partial charge on any atom is 0.123 e. The maximum absolute atomic E-state index is 12.9. The summed E-state index contributed by atoms with van der Waals surface area (Å²) >= 11 is 0. The number of anilines is 1. The Hall–Kier alpha value is -1.17. The molecule has 1 aromatic carbocycles. The molecule has 1 atom stereocenters. The van der Waals surface area contributed by atoms with E-state index in [0.717, 1.165) is 38.4 Å². The van der Waals surface area contributed by atoms with Crippen LogP contribution in [0.15, 0.2) is 24.3 Å². The largest absolute Gasteiger partial charge is 0.376 e. The molecule has 1 heterocycles. The molecule has 2 rings (SSSR count). The lowest BCUT2D eigenvalue weighted by Gasteiger charge is -2.37. The number of rotatable bonds is 6. The van der Waals surface area contributed by atoms with Gasteiger partial charge in [0.1, 0.15) is 5.82 Å². The topological polar surface area (TPSA) is 41.7 Å². The van der Waals surface area contributed by atoms with Gasteiger partial charge in [-0.15, -0.1) is 0 Å². The smallest absolute Gasteiger partial charge is 0.123 e. The van der Waals surface area contributed by atoms with Crippen LogP contribution in [0.4, 0.5) is 10.1 Å². The first kappa shape index (κ1) is 15.2. The molecule has 1 unspecified atom stereocenters. The molecule has 20 heavy (non-hydrogen) atoms. The average molecular weight is 281 g/mol. The number of hydrogen-bond donors (Lipinski definition) is 1. The highest BCUT2D eigenvalue weighted by Crippen LogP contribution is 2.17. The molecule has 112 valence electrons. The number of hydrogen-bond acceptors (Lipinski definition) is 4. The summed E-state index contributed by atoms with van der Waals surface area (Å²) in [5, 5.41) is 0. The fraction of sp³-hybridized carbons (Fsp3) is 0.600. The lowest BCUT2D eigenvalue weighted by Crippen LogP contribution is -2.50. The second kappa shape index (κ2) is 7.57. The molecule has 0 aliphatic carbocycles. The predicted octanol–water partition coefficient (Wildman–Crippen LogP) is 1.31. The highest BCUT2D eigenvalue weighted by molar-refractivity contribution is 5.46. The van der Waals surface area contributed by atoms with E-state index in [2.05, 4.69) is 9.80 Å². The van der Waals surface area contributed by atoms with Crippen LogP contribution in [-0.2, 0) is 4.74 Å². The maximum atomic E-state index is 12.9. The fourth-order valence-electron chi connectivity index (χ4n) is 2.56. The van der Waals surface area contributed by atoms with Crippen LogP contribution in [0, 0.1) is 5.82 Å². The van der Waals surface area contributed by atoms with Crippen LogP contribution < -0.4 is 10.6 Å². The highest BCUT2D eigenvalue weighted by Gasteiger charge is 2.19. The summed E-state index contributed by atoms with van der Waals surface area (Å²) in [6.45, 7) is 8.03. The van der Waals surface area contributed by atoms with E-state index in [1.54, 1.807) is 0 Å². The van der Waals surface area contributed by atoms with Crippen LogP contribution in [0.1, 0.15) is 6.92 Å². The van der Waals surface area contributed by atoms with Crippen molar-refractivity contribution in [1.29, 1.82) is 0 Å². The Morgan fingerprint density at radius 3 is 2.40 bits per heavy atom. The van der Waals surface area contributed by atoms with Crippen molar-refractivity contribution in [1.82, 2.24) is 4.90 Å². The quantitative estimate of drug-likeness (QED) is 0.854. The van der Waals surface area contributed by atoms with Gasteiger partial charge >= 0.3 is 0 Å². The van der Waals surface area contributed by atoms with Crippen LogP contribution in [0.2, 0.25) is 0 Å². The van der Waals surface area contributed by atoms with Crippen LogP contribution in [-0.4, -0.2) is 56.9 Å². The third-order valence-electron chi connectivity index (χ3n) is 3.69. The van der Waals surface area contributed by atoms with Gasteiger partial charge in [0.15, 0.2) is 0 Å². The SMILES string of the molecule is CCOC(CN)CN1CCN(c2ccc(F)cc2)CC1. The molecule has 4 nitrogen and oxygen atoms in total. The second-order valence-corrected chi connectivity index (χ2v) is 5.08. The van der Waals surface area contributed by atoms with Crippen molar-refractivity contribution < 1.29 is 9.13 Å². The molecular formula is C15H24FN3O. The third-order valence-corrected chi connectivity index (χ3v) is 3.69. The van der Waals surface area contributed by atoms with Crippen LogP contribution >= 0.6 is 0 Å². The number of piperazine rings is 1. The molecule has 1 fully saturated rings. The monoisotopic (exact) mass is 281 g/mol. The van der Waals surface area contributed by atoms with Gasteiger partial charge in [-0.1, -0.05) is 0 Å². The van der Waals surface area contributed by atoms with E-state index in [9.17, 15) is 4.39 Å². The summed E-state index contributed by atoms with van der Waals surface area (Å²) in [6, 6.07) is 6.71. The summed E-state index contributed by atoms with van der Waals surface area (Å²) in [4.78, 5) is 4.67. The molecule has 0 aromatic heterocycles. The summed E-state index contributed by atoms with van der Waals surface area (Å²) in [5.74, 6) is -0.185. The van der Waals surface area contributed by atoms with Crippen molar-refractivity contribution >= 4 is 5.69 Å². The molecule has 0 bridgehead atoms. The van der Waals surface area contributed by atoms with Crippen molar-refractivity contribution in [3.05, 3.63) is 30.1 Å². The Morgan fingerprint density at radius 1 is 1.20 bits per heavy atom. The van der Waals surface area contributed by atoms with Crippen LogP contribution in [0.5, 0.6) is 0 Å². The van der Waals surface area contributed by atoms with Gasteiger partial charge in [-0.3, -0.25) is 4.90 Å². The summed E-state index contributed by atoms with van der Waals surface area (Å²) in [6.07, 6.45) is 0.123. The molecule has 1 saturated heterocycles. The Bertz CT molecular complexity index is 391. The summed E-state index contributed by atoms with van der Waals surface area (Å²) < 4.78 is 18.5. The van der Waals surface area contributed by atoms with Gasteiger partial charge in [0, 0.05) is 51.6 Å².